The first kappa shape index (κ1) is 25.3. The minimum Gasteiger partial charge on any atom is -0.376 e. The molecule has 0 saturated carbocycles. The van der Waals surface area contributed by atoms with Gasteiger partial charge in [0.15, 0.2) is 0 Å². The van der Waals surface area contributed by atoms with Crippen LogP contribution in [0.3, 0.4) is 0 Å². The molecular weight excluding hydrogens is 596 g/mol. The van der Waals surface area contributed by atoms with Crippen molar-refractivity contribution in [3.05, 3.63) is 140 Å². The standard InChI is InChI=1S/C35H28Br2O/c1-3-22-12-8-9-16-27(22)34-25(4-2)33-28-19-18-24(36)20-30(28)35(38,31(33)21-32(34)37)29-17-11-10-15-26(29)23-13-6-5-7-14-23/h5-21,38H,3-4H2,1-2H3. The predicted octanol–water partition coefficient (Wildman–Crippen LogP) is 9.93. The highest BCUT2D eigenvalue weighted by Crippen LogP contribution is 2.57. The van der Waals surface area contributed by atoms with Gasteiger partial charge in [0.25, 0.3) is 0 Å². The van der Waals surface area contributed by atoms with E-state index in [1.165, 1.54) is 22.3 Å². The number of aryl methyl sites for hydroxylation is 1. The Labute approximate surface area is 241 Å². The first-order valence-corrected chi connectivity index (χ1v) is 14.7. The third kappa shape index (κ3) is 3.83. The lowest BCUT2D eigenvalue weighted by molar-refractivity contribution is 0.131. The number of halogens is 2. The van der Waals surface area contributed by atoms with Crippen molar-refractivity contribution in [1.29, 1.82) is 0 Å². The van der Waals surface area contributed by atoms with Gasteiger partial charge in [-0.2, -0.15) is 0 Å². The van der Waals surface area contributed by atoms with Gasteiger partial charge in [0, 0.05) is 25.6 Å². The van der Waals surface area contributed by atoms with Gasteiger partial charge in [-0.25, -0.2) is 0 Å². The number of rotatable bonds is 5. The maximum absolute atomic E-state index is 13.0. The number of fused-ring (bicyclic) bond motifs is 3. The Balaban J connectivity index is 1.72. The molecule has 0 radical (unpaired) electrons. The molecular formula is C35H28Br2O. The summed E-state index contributed by atoms with van der Waals surface area (Å²) < 4.78 is 1.96. The van der Waals surface area contributed by atoms with Crippen LogP contribution in [0.25, 0.3) is 33.4 Å². The average Bonchev–Trinajstić information content (AvgIpc) is 3.20. The van der Waals surface area contributed by atoms with E-state index in [1.54, 1.807) is 0 Å². The zero-order chi connectivity index (χ0) is 26.4. The molecule has 5 aromatic rings. The van der Waals surface area contributed by atoms with Gasteiger partial charge in [0.05, 0.1) is 0 Å². The third-order valence-corrected chi connectivity index (χ3v) is 8.95. The van der Waals surface area contributed by atoms with E-state index in [0.717, 1.165) is 60.7 Å². The second kappa shape index (κ2) is 9.96. The molecule has 6 rings (SSSR count). The molecule has 0 heterocycles. The summed E-state index contributed by atoms with van der Waals surface area (Å²) in [6, 6.07) is 35.7. The third-order valence-electron chi connectivity index (χ3n) is 7.84. The van der Waals surface area contributed by atoms with Crippen molar-refractivity contribution in [3.63, 3.8) is 0 Å². The zero-order valence-electron chi connectivity index (χ0n) is 21.4. The van der Waals surface area contributed by atoms with Gasteiger partial charge >= 0.3 is 0 Å². The van der Waals surface area contributed by atoms with Crippen LogP contribution in [-0.4, -0.2) is 5.11 Å². The maximum atomic E-state index is 13.0. The Morgan fingerprint density at radius 2 is 1.29 bits per heavy atom. The van der Waals surface area contributed by atoms with Gasteiger partial charge in [0.2, 0.25) is 0 Å². The van der Waals surface area contributed by atoms with E-state index in [9.17, 15) is 5.11 Å². The molecule has 0 aliphatic heterocycles. The first-order chi connectivity index (χ1) is 18.5. The topological polar surface area (TPSA) is 20.2 Å². The minimum absolute atomic E-state index is 0.848. The van der Waals surface area contributed by atoms with Crippen molar-refractivity contribution >= 4 is 31.9 Å². The van der Waals surface area contributed by atoms with Crippen molar-refractivity contribution in [2.24, 2.45) is 0 Å². The molecule has 0 aromatic heterocycles. The van der Waals surface area contributed by atoms with Crippen LogP contribution in [0.1, 0.15) is 41.7 Å². The molecule has 0 spiro atoms. The summed E-state index contributed by atoms with van der Waals surface area (Å²) in [5.74, 6) is 0. The molecule has 38 heavy (non-hydrogen) atoms. The molecule has 1 N–H and O–H groups in total. The molecule has 0 fully saturated rings. The summed E-state index contributed by atoms with van der Waals surface area (Å²) in [4.78, 5) is 0. The Hall–Kier alpha value is -2.98. The average molecular weight is 624 g/mol. The normalized spacial score (nSPS) is 15.8. The van der Waals surface area contributed by atoms with Gasteiger partial charge in [-0.3, -0.25) is 0 Å². The van der Waals surface area contributed by atoms with Crippen LogP contribution < -0.4 is 0 Å². The van der Waals surface area contributed by atoms with Crippen molar-refractivity contribution in [1.82, 2.24) is 0 Å². The highest BCUT2D eigenvalue weighted by molar-refractivity contribution is 9.10. The minimum atomic E-state index is -1.31. The van der Waals surface area contributed by atoms with E-state index in [-0.39, 0.29) is 0 Å². The van der Waals surface area contributed by atoms with Crippen molar-refractivity contribution in [3.8, 4) is 33.4 Å². The van der Waals surface area contributed by atoms with Crippen LogP contribution in [0.5, 0.6) is 0 Å². The summed E-state index contributed by atoms with van der Waals surface area (Å²) in [5.41, 5.74) is 10.8. The van der Waals surface area contributed by atoms with Crippen molar-refractivity contribution in [2.45, 2.75) is 32.3 Å². The molecule has 1 unspecified atom stereocenters. The van der Waals surface area contributed by atoms with E-state index >= 15 is 0 Å². The van der Waals surface area contributed by atoms with Crippen LogP contribution in [0.2, 0.25) is 0 Å². The highest BCUT2D eigenvalue weighted by atomic mass is 79.9. The highest BCUT2D eigenvalue weighted by Gasteiger charge is 2.46. The van der Waals surface area contributed by atoms with Crippen LogP contribution in [0, 0.1) is 0 Å². The largest absolute Gasteiger partial charge is 0.376 e. The van der Waals surface area contributed by atoms with Gasteiger partial charge < -0.3 is 5.11 Å². The molecule has 1 atom stereocenters. The summed E-state index contributed by atoms with van der Waals surface area (Å²) in [5, 5.41) is 13.0. The summed E-state index contributed by atoms with van der Waals surface area (Å²) in [6.45, 7) is 4.42. The molecule has 0 saturated heterocycles. The van der Waals surface area contributed by atoms with E-state index < -0.39 is 5.60 Å². The fourth-order valence-electron chi connectivity index (χ4n) is 6.15. The number of aliphatic hydroxyl groups is 1. The number of benzene rings is 5. The first-order valence-electron chi connectivity index (χ1n) is 13.1. The van der Waals surface area contributed by atoms with Crippen molar-refractivity contribution in [2.75, 3.05) is 0 Å². The monoisotopic (exact) mass is 622 g/mol. The molecule has 3 heteroatoms. The lowest BCUT2D eigenvalue weighted by atomic mass is 9.79. The van der Waals surface area contributed by atoms with E-state index in [1.807, 2.05) is 30.3 Å². The fourth-order valence-corrected chi connectivity index (χ4v) is 7.19. The van der Waals surface area contributed by atoms with Crippen LogP contribution in [0.15, 0.2) is 112 Å². The Bertz CT molecular complexity index is 1670. The lowest BCUT2D eigenvalue weighted by Crippen LogP contribution is -2.27. The van der Waals surface area contributed by atoms with Crippen LogP contribution in [-0.2, 0) is 18.4 Å². The predicted molar refractivity (Wildman–Crippen MR) is 165 cm³/mol. The summed E-state index contributed by atoms with van der Waals surface area (Å²) >= 11 is 7.67. The maximum Gasteiger partial charge on any atom is 0.142 e. The van der Waals surface area contributed by atoms with Gasteiger partial charge in [0.1, 0.15) is 5.60 Å². The SMILES string of the molecule is CCc1ccccc1-c1c(Br)cc2c(c1CC)-c1ccc(Br)cc1C2(O)c1ccccc1-c1ccccc1. The Morgan fingerprint density at radius 1 is 0.605 bits per heavy atom. The number of hydrogen-bond acceptors (Lipinski definition) is 1. The fraction of sp³-hybridized carbons (Fsp3) is 0.143. The van der Waals surface area contributed by atoms with E-state index in [0.29, 0.717) is 0 Å². The smallest absolute Gasteiger partial charge is 0.142 e. The molecule has 0 bridgehead atoms. The van der Waals surface area contributed by atoms with Crippen LogP contribution >= 0.6 is 31.9 Å². The lowest BCUT2D eigenvalue weighted by Gasteiger charge is -2.30. The van der Waals surface area contributed by atoms with Gasteiger partial charge in [-0.15, -0.1) is 0 Å². The summed E-state index contributed by atoms with van der Waals surface area (Å²) in [7, 11) is 0. The Kier molecular flexibility index (Phi) is 6.63. The molecule has 1 aliphatic carbocycles. The van der Waals surface area contributed by atoms with Gasteiger partial charge in [-0.05, 0) is 75.5 Å². The zero-order valence-corrected chi connectivity index (χ0v) is 24.6. The summed E-state index contributed by atoms with van der Waals surface area (Å²) in [6.07, 6.45) is 1.81. The Morgan fingerprint density at radius 3 is 2.03 bits per heavy atom. The van der Waals surface area contributed by atoms with Gasteiger partial charge in [-0.1, -0.05) is 131 Å². The molecule has 5 aromatic carbocycles. The van der Waals surface area contributed by atoms with E-state index in [2.05, 4.69) is 119 Å². The molecule has 1 nitrogen and oxygen atoms in total. The van der Waals surface area contributed by atoms with E-state index in [4.69, 9.17) is 0 Å². The second-order valence-electron chi connectivity index (χ2n) is 9.81. The van der Waals surface area contributed by atoms with Crippen molar-refractivity contribution < 1.29 is 5.11 Å². The second-order valence-corrected chi connectivity index (χ2v) is 11.6. The van der Waals surface area contributed by atoms with Crippen LogP contribution in [0.4, 0.5) is 0 Å². The molecule has 188 valence electrons. The molecule has 0 amide bonds. The quantitative estimate of drug-likeness (QED) is 0.206. The number of hydrogen-bond donors (Lipinski definition) is 1. The molecule has 1 aliphatic rings.